The highest BCUT2D eigenvalue weighted by atomic mass is 32.7. The first-order valence-corrected chi connectivity index (χ1v) is 61.9. The molecule has 0 spiro atoms. The van der Waals surface area contributed by atoms with E-state index in [-0.39, 0.29) is 58.7 Å². The lowest BCUT2D eigenvalue weighted by molar-refractivity contribution is -0.0543. The molecule has 143 heavy (non-hydrogen) atoms. The van der Waals surface area contributed by atoms with E-state index in [9.17, 15) is 84.7 Å². The molecule has 0 aliphatic carbocycles. The number of aryl methyl sites for hydroxylation is 6. The van der Waals surface area contributed by atoms with E-state index in [4.69, 9.17) is 108 Å². The van der Waals surface area contributed by atoms with Crippen molar-refractivity contribution in [3.63, 3.8) is 0 Å². The number of nitrogens with zero attached hydrogens (tertiary/aromatic N) is 11. The van der Waals surface area contributed by atoms with Crippen LogP contribution in [0, 0.1) is 41.5 Å². The summed E-state index contributed by atoms with van der Waals surface area (Å²) in [6.45, 7) is -27.9. The number of nitrogens with two attached hydrogens (primary N) is 2. The Morgan fingerprint density at radius 2 is 0.559 bits per heavy atom. The first-order chi connectivity index (χ1) is 67.1. The number of nitrogens with one attached hydrogen (secondary N) is 5. The van der Waals surface area contributed by atoms with Crippen LogP contribution in [-0.4, -0.2) is 209 Å². The second-order valence-electron chi connectivity index (χ2n) is 33.7. The highest BCUT2D eigenvalue weighted by Gasteiger charge is 2.53. The van der Waals surface area contributed by atoms with Gasteiger partial charge in [0.15, 0.2) is 11.5 Å². The molecule has 7 unspecified atom stereocenters. The maximum absolute atomic E-state index is 15.0. The van der Waals surface area contributed by atoms with Crippen LogP contribution in [0.2, 0.25) is 0 Å². The molecule has 7 saturated heterocycles. The second-order valence-corrected chi connectivity index (χ2v) is 53.9. The number of ether oxygens (including phenoxy) is 7. The van der Waals surface area contributed by atoms with Crippen molar-refractivity contribution < 1.29 is 128 Å². The molecule has 7 aliphatic rings. The Kier molecular flexibility index (Phi) is 34.6. The summed E-state index contributed by atoms with van der Waals surface area (Å²) in [5, 5.41) is 0. The molecule has 9 N–H and O–H groups in total. The molecule has 0 aromatic carbocycles. The molecule has 15 heterocycles. The van der Waals surface area contributed by atoms with Gasteiger partial charge < -0.3 is 49.1 Å². The Morgan fingerprint density at radius 1 is 0.329 bits per heavy atom. The molecule has 15 rings (SSSR count). The van der Waals surface area contributed by atoms with Gasteiger partial charge in [-0.3, -0.25) is 140 Å². The third kappa shape index (κ3) is 26.8. The van der Waals surface area contributed by atoms with Gasteiger partial charge in [0.2, 0.25) is 0 Å². The molecule has 8 aromatic rings. The SMILES string of the molecule is CC[C@H]1O[C@@H](n2cnc3c(N)ncnc32)C[C@H]1OP(=O)(S)OC[C@H]1O[C@@H](n2cc(C)c(=O)[nH]c2=O)C[C@H]1OP(=O)(S)OC[C@H]1O[C@@H](n2cc(C)c(=O)[nH]c2=O)C[C@H]1OP(=O)(S)OC[C@H]1O[C@@H](n2cc(C)c(=O)[nH]c2=O)C[C@H]1OP(=O)(S)OC[C@H]1O[C@@H](n2cc(C)c(=O)[nH]c2=O)C[C@H]1OP(=O)(S)OC[C@H]1O[C@@H](n2cc(C)c(=O)[nH]c2=O)C[C@H]1OP(=O)(S)OC[C@H]1O[C@@H](n2cc(C)c(N)nc2=O)C[C@H]1OP(=O)(S)OC. The standard InChI is InChI=1S/C72H97N18O39P7S7/c1-9-37-38(10-57(116-37)90-30-77-58-60(74)75-29-76-61(58)90)124-131(103,138)110-24-46-40(12-52(118-46)85-18-32(3)62(91)79-68(85)97)126-133(105,140)112-26-48-42(14-54(120-48)87-20-34(5)64(93)81-70(87)99)128-135(107,142)114-28-50-44(16-56(122-50)89-22-36(7)66(95)83-72(89)101)129-136(108,143)115-27-49-43(15-55(121-49)88-21-35(6)65(94)82-71(88)100)127-134(106,141)113-25-47-41(13-53(119-47)86-19-33(4)63(92)80-69(86)98)125-132(104,139)111-23-45-39(123-130(102,137)109-8)11-51(117-45)84-17-31(2)59(73)78-67(84)96/h17-22,29-30,37-57H,9-16,23-28H2,1-8H3,(H,102,137)(H,103,138)(H,104,139)(H,105,140)(H,106,141)(H,107,142)(H,108,143)(H2,73,78,96)(H2,74,75,76)(H,79,91,97)(H,80,92,98)(H,81,93,99)(H,82,94,100)(H,83,95,101)/t37-,38-,39-,40-,41-,42-,43-,44-,45-,46-,47-,48-,49-,50-,51-,52-,53-,54-,55-,56-,57-,130?,131?,132?,133?,134?,135?,136?/m1/s1. The Hall–Kier alpha value is -6.35. The van der Waals surface area contributed by atoms with E-state index in [0.717, 1.165) is 59.3 Å². The molecule has 0 radical (unpaired) electrons. The summed E-state index contributed by atoms with van der Waals surface area (Å²) >= 11 is 29.6. The van der Waals surface area contributed by atoms with Crippen LogP contribution in [0.4, 0.5) is 11.6 Å². The number of nitrogen functional groups attached to an aromatic ring is 2. The van der Waals surface area contributed by atoms with Crippen molar-refractivity contribution in [2.24, 2.45) is 0 Å². The van der Waals surface area contributed by atoms with Crippen LogP contribution < -0.4 is 73.4 Å². The second kappa shape index (κ2) is 44.7. The van der Waals surface area contributed by atoms with E-state index >= 15 is 0 Å². The summed E-state index contributed by atoms with van der Waals surface area (Å²) < 4.78 is 234. The summed E-state index contributed by atoms with van der Waals surface area (Å²) in [5.74, 6) is 0.0486. The van der Waals surface area contributed by atoms with Gasteiger partial charge in [0.1, 0.15) is 135 Å². The van der Waals surface area contributed by atoms with E-state index in [1.54, 1.807) is 18.4 Å². The molecule has 7 aliphatic heterocycles. The fraction of sp³-hybridized carbons (Fsp3) is 0.597. The minimum absolute atomic E-state index is 0.00161. The molecule has 786 valence electrons. The van der Waals surface area contributed by atoms with Gasteiger partial charge in [-0.1, -0.05) is 92.7 Å². The number of H-pyrrole nitrogens is 5. The van der Waals surface area contributed by atoms with E-state index < -0.39 is 304 Å². The first-order valence-electron chi connectivity index (χ1n) is 43.1. The summed E-state index contributed by atoms with van der Waals surface area (Å²) in [5.41, 5.74) is 3.39. The molecule has 28 atom stereocenters. The first kappa shape index (κ1) is 111. The molecule has 0 saturated carbocycles. The van der Waals surface area contributed by atoms with Crippen molar-refractivity contribution >= 4 is 156 Å². The highest BCUT2D eigenvalue weighted by molar-refractivity contribution is 8.46. The van der Waals surface area contributed by atoms with Crippen LogP contribution >= 0.6 is 133 Å². The molecule has 0 amide bonds. The van der Waals surface area contributed by atoms with Crippen molar-refractivity contribution in [2.45, 2.75) is 229 Å². The average Bonchev–Trinajstić information content (AvgIpc) is 1.61. The third-order valence-corrected chi connectivity index (χ3v) is 35.3. The average molecular weight is 2280 g/mol. The van der Waals surface area contributed by atoms with Crippen molar-refractivity contribution in [3.05, 3.63) is 198 Å². The largest absolute Gasteiger partial charge is 0.386 e. The van der Waals surface area contributed by atoms with Gasteiger partial charge in [0.25, 0.3) is 27.8 Å². The van der Waals surface area contributed by atoms with E-state index in [0.29, 0.717) is 23.1 Å². The normalized spacial score (nSPS) is 29.7. The molecule has 7 fully saturated rings. The third-order valence-electron chi connectivity index (χ3n) is 23.7. The molecular weight excluding hydrogens is 2180 g/mol. The van der Waals surface area contributed by atoms with Crippen molar-refractivity contribution in [1.82, 2.24) is 76.8 Å². The zero-order chi connectivity index (χ0) is 104. The summed E-state index contributed by atoms with van der Waals surface area (Å²) in [6, 6.07) is 0. The van der Waals surface area contributed by atoms with Gasteiger partial charge in [-0.2, -0.15) is 4.98 Å². The van der Waals surface area contributed by atoms with Crippen molar-refractivity contribution in [1.29, 1.82) is 0 Å². The monoisotopic (exact) mass is 2280 g/mol. The van der Waals surface area contributed by atoms with E-state index in [1.807, 2.05) is 0 Å². The minimum atomic E-state index is -4.98. The number of hydrogen-bond donors (Lipinski definition) is 14. The minimum Gasteiger partial charge on any atom is -0.383 e. The number of aromatic nitrogens is 16. The number of thiol groups is 7. The van der Waals surface area contributed by atoms with Crippen LogP contribution in [0.3, 0.4) is 0 Å². The maximum Gasteiger partial charge on any atom is 0.386 e. The zero-order valence-electron chi connectivity index (χ0n) is 75.9. The van der Waals surface area contributed by atoms with Gasteiger partial charge in [-0.05, 0) is 48.0 Å². The zero-order valence-corrected chi connectivity index (χ0v) is 88.4. The van der Waals surface area contributed by atoms with Gasteiger partial charge in [-0.25, -0.2) is 75.7 Å². The number of imidazole rings is 1. The highest BCUT2D eigenvalue weighted by Crippen LogP contribution is 2.65. The number of fused-ring (bicyclic) bond motifs is 1. The number of anilines is 2. The predicted molar refractivity (Wildman–Crippen MR) is 521 cm³/mol. The lowest BCUT2D eigenvalue weighted by Crippen LogP contribution is -2.33. The summed E-state index contributed by atoms with van der Waals surface area (Å²) in [7, 11) is 1.05. The molecule has 8 aromatic heterocycles. The smallest absolute Gasteiger partial charge is 0.383 e. The fourth-order valence-corrected chi connectivity index (χ4v) is 26.6. The predicted octanol–water partition coefficient (Wildman–Crippen LogP) is 5.98. The Labute approximate surface area is 840 Å². The topological polar surface area (TPSA) is 718 Å². The van der Waals surface area contributed by atoms with Gasteiger partial charge in [0, 0.05) is 123 Å². The Morgan fingerprint density at radius 3 is 0.818 bits per heavy atom. The van der Waals surface area contributed by atoms with Crippen LogP contribution in [0.5, 0.6) is 0 Å². The van der Waals surface area contributed by atoms with Gasteiger partial charge in [-0.15, -0.1) is 0 Å². The number of hydrogen-bond acceptors (Lipinski definition) is 45. The number of aromatic amines is 5. The van der Waals surface area contributed by atoms with Crippen LogP contribution in [-0.2, 0) is 128 Å². The van der Waals surface area contributed by atoms with E-state index in [1.165, 1.54) is 59.7 Å². The Balaban J connectivity index is 0.631. The van der Waals surface area contributed by atoms with Gasteiger partial charge >= 0.3 is 81.7 Å². The van der Waals surface area contributed by atoms with Crippen LogP contribution in [0.25, 0.3) is 11.2 Å². The molecule has 71 heteroatoms. The maximum atomic E-state index is 15.0. The summed E-state index contributed by atoms with van der Waals surface area (Å²) in [6.07, 6.45) is -21.0. The molecule has 0 bridgehead atoms. The lowest BCUT2D eigenvalue weighted by Gasteiger charge is -2.27. The summed E-state index contributed by atoms with van der Waals surface area (Å²) in [4.78, 5) is 171. The van der Waals surface area contributed by atoms with E-state index in [2.05, 4.69) is 131 Å². The van der Waals surface area contributed by atoms with Gasteiger partial charge in [0.05, 0.1) is 58.2 Å². The van der Waals surface area contributed by atoms with Crippen molar-refractivity contribution in [2.75, 3.05) is 58.2 Å². The van der Waals surface area contributed by atoms with Crippen LogP contribution in [0.1, 0.15) is 135 Å². The molecule has 57 nitrogen and oxygen atoms in total. The molecular formula is C72H97N18O39P7S7. The quantitative estimate of drug-likeness (QED) is 0.0155. The Bertz CT molecular complexity index is 7150. The number of rotatable bonds is 41. The lowest BCUT2D eigenvalue weighted by atomic mass is 10.1. The van der Waals surface area contributed by atoms with Crippen molar-refractivity contribution in [3.8, 4) is 0 Å². The van der Waals surface area contributed by atoms with Crippen LogP contribution in [0.15, 0.2) is 103 Å². The fourth-order valence-electron chi connectivity index (χ4n) is 16.4.